The Balaban J connectivity index is 1.25. The molecule has 0 spiro atoms. The van der Waals surface area contributed by atoms with Gasteiger partial charge in [0.15, 0.2) is 5.82 Å². The maximum Gasteiger partial charge on any atom is 0.221 e. The smallest absolute Gasteiger partial charge is 0.221 e. The van der Waals surface area contributed by atoms with Gasteiger partial charge in [0.05, 0.1) is 39.0 Å². The van der Waals surface area contributed by atoms with Crippen LogP contribution >= 0.6 is 0 Å². The number of imidazole rings is 1. The van der Waals surface area contributed by atoms with Crippen LogP contribution in [0.1, 0.15) is 0 Å². The first-order valence-electron chi connectivity index (χ1n) is 16.0. The molecule has 6 heteroatoms. The van der Waals surface area contributed by atoms with Gasteiger partial charge in [0.2, 0.25) is 5.95 Å². The van der Waals surface area contributed by atoms with Crippen LogP contribution in [0.2, 0.25) is 0 Å². The van der Waals surface area contributed by atoms with Crippen molar-refractivity contribution in [1.82, 2.24) is 28.9 Å². The van der Waals surface area contributed by atoms with E-state index in [1.807, 2.05) is 54.6 Å². The molecule has 0 N–H and O–H groups in total. The molecule has 4 aromatic heterocycles. The minimum Gasteiger partial charge on any atom is -0.279 e. The molecule has 0 amide bonds. The van der Waals surface area contributed by atoms with Crippen molar-refractivity contribution in [3.05, 3.63) is 158 Å². The molecular weight excluding hydrogens is 589 g/mol. The van der Waals surface area contributed by atoms with E-state index in [9.17, 15) is 0 Å². The zero-order valence-electron chi connectivity index (χ0n) is 25.7. The fraction of sp³-hybridized carbons (Fsp3) is 0. The van der Waals surface area contributed by atoms with Gasteiger partial charge in [0.1, 0.15) is 5.65 Å². The van der Waals surface area contributed by atoms with E-state index in [0.717, 1.165) is 83.4 Å². The van der Waals surface area contributed by atoms with Gasteiger partial charge in [0.25, 0.3) is 0 Å². The molecule has 224 valence electrons. The average molecular weight is 615 g/mol. The number of hydrogen-bond acceptors (Lipinski definition) is 4. The number of aromatic nitrogens is 6. The zero-order valence-corrected chi connectivity index (χ0v) is 25.7. The van der Waals surface area contributed by atoms with Gasteiger partial charge in [-0.1, -0.05) is 103 Å². The van der Waals surface area contributed by atoms with Crippen LogP contribution in [0.3, 0.4) is 0 Å². The molecule has 0 unspecified atom stereocenters. The lowest BCUT2D eigenvalue weighted by Gasteiger charge is -2.13. The van der Waals surface area contributed by atoms with Crippen molar-refractivity contribution in [2.45, 2.75) is 0 Å². The van der Waals surface area contributed by atoms with E-state index in [-0.39, 0.29) is 0 Å². The van der Waals surface area contributed by atoms with E-state index in [2.05, 4.69) is 112 Å². The molecule has 0 aliphatic heterocycles. The fourth-order valence-electron chi connectivity index (χ4n) is 6.89. The van der Waals surface area contributed by atoms with Gasteiger partial charge in [-0.2, -0.15) is 0 Å². The van der Waals surface area contributed by atoms with Gasteiger partial charge in [-0.05, 0) is 54.6 Å². The fourth-order valence-corrected chi connectivity index (χ4v) is 6.89. The monoisotopic (exact) mass is 614 g/mol. The summed E-state index contributed by atoms with van der Waals surface area (Å²) in [6, 6.07) is 54.2. The van der Waals surface area contributed by atoms with Crippen LogP contribution < -0.4 is 0 Å². The number of nitrogens with zero attached hydrogens (tertiary/aromatic N) is 6. The summed E-state index contributed by atoms with van der Waals surface area (Å²) in [4.78, 5) is 20.6. The second-order valence-corrected chi connectivity index (χ2v) is 12.0. The molecule has 0 atom stereocenters. The number of hydrogen-bond donors (Lipinski definition) is 0. The summed E-state index contributed by atoms with van der Waals surface area (Å²) < 4.78 is 4.45. The van der Waals surface area contributed by atoms with Gasteiger partial charge in [-0.15, -0.1) is 0 Å². The Bertz CT molecular complexity index is 2780. The van der Waals surface area contributed by atoms with Crippen LogP contribution in [-0.2, 0) is 0 Å². The van der Waals surface area contributed by atoms with Crippen molar-refractivity contribution < 1.29 is 0 Å². The lowest BCUT2D eigenvalue weighted by atomic mass is 10.1. The standard InChI is InChI=1S/C42H26N6/c1-3-13-27(14-4-1)35-26-36(28-15-5-2-6-16-28)44-40(43-35)29-23-24-38-32(25-29)30-17-8-11-21-37(30)47(38)42-46-33-19-9-7-18-31(33)41-45-34-20-10-12-22-39(34)48(41)42/h1-26H. The number of para-hydroxylation sites is 4. The van der Waals surface area contributed by atoms with Crippen LogP contribution in [-0.4, -0.2) is 28.9 Å². The number of rotatable bonds is 4. The third-order valence-electron chi connectivity index (χ3n) is 9.12. The first kappa shape index (κ1) is 26.5. The number of fused-ring (bicyclic) bond motifs is 8. The Morgan fingerprint density at radius 2 is 0.958 bits per heavy atom. The minimum absolute atomic E-state index is 0.681. The highest BCUT2D eigenvalue weighted by Crippen LogP contribution is 2.37. The van der Waals surface area contributed by atoms with Crippen molar-refractivity contribution in [1.29, 1.82) is 0 Å². The Morgan fingerprint density at radius 3 is 1.69 bits per heavy atom. The molecule has 0 fully saturated rings. The highest BCUT2D eigenvalue weighted by Gasteiger charge is 2.20. The summed E-state index contributed by atoms with van der Waals surface area (Å²) in [7, 11) is 0. The average Bonchev–Trinajstić information content (AvgIpc) is 3.71. The molecule has 10 rings (SSSR count). The summed E-state index contributed by atoms with van der Waals surface area (Å²) in [5, 5.41) is 3.25. The quantitative estimate of drug-likeness (QED) is 0.198. The van der Waals surface area contributed by atoms with Crippen molar-refractivity contribution in [3.63, 3.8) is 0 Å². The minimum atomic E-state index is 0.681. The van der Waals surface area contributed by atoms with E-state index in [0.29, 0.717) is 5.82 Å². The van der Waals surface area contributed by atoms with Crippen LogP contribution in [0, 0.1) is 0 Å². The topological polar surface area (TPSA) is 60.9 Å². The first-order valence-corrected chi connectivity index (χ1v) is 16.0. The molecule has 6 nitrogen and oxygen atoms in total. The van der Waals surface area contributed by atoms with Crippen LogP contribution in [0.5, 0.6) is 0 Å². The molecule has 6 aromatic carbocycles. The highest BCUT2D eigenvalue weighted by molar-refractivity contribution is 6.10. The summed E-state index contributed by atoms with van der Waals surface area (Å²) in [5.74, 6) is 1.48. The van der Waals surface area contributed by atoms with Crippen molar-refractivity contribution >= 4 is 49.4 Å². The van der Waals surface area contributed by atoms with Gasteiger partial charge < -0.3 is 0 Å². The van der Waals surface area contributed by atoms with E-state index < -0.39 is 0 Å². The van der Waals surface area contributed by atoms with Gasteiger partial charge in [-0.25, -0.2) is 19.9 Å². The van der Waals surface area contributed by atoms with Crippen molar-refractivity contribution in [2.75, 3.05) is 0 Å². The van der Waals surface area contributed by atoms with Gasteiger partial charge in [-0.3, -0.25) is 8.97 Å². The predicted octanol–water partition coefficient (Wildman–Crippen LogP) is 9.92. The second-order valence-electron chi connectivity index (χ2n) is 12.0. The summed E-state index contributed by atoms with van der Waals surface area (Å²) >= 11 is 0. The zero-order chi connectivity index (χ0) is 31.6. The van der Waals surface area contributed by atoms with E-state index in [1.165, 1.54) is 0 Å². The van der Waals surface area contributed by atoms with Crippen molar-refractivity contribution in [3.8, 4) is 39.9 Å². The lowest BCUT2D eigenvalue weighted by Crippen LogP contribution is -2.06. The summed E-state index contributed by atoms with van der Waals surface area (Å²) in [6.45, 7) is 0. The molecule has 48 heavy (non-hydrogen) atoms. The van der Waals surface area contributed by atoms with E-state index in [1.54, 1.807) is 0 Å². The molecule has 0 aliphatic carbocycles. The molecule has 0 radical (unpaired) electrons. The van der Waals surface area contributed by atoms with Crippen LogP contribution in [0.25, 0.3) is 89.2 Å². The Kier molecular flexibility index (Phi) is 5.77. The molecular formula is C42H26N6. The second kappa shape index (κ2) is 10.4. The predicted molar refractivity (Wildman–Crippen MR) is 194 cm³/mol. The third kappa shape index (κ3) is 4.06. The number of benzene rings is 6. The highest BCUT2D eigenvalue weighted by atomic mass is 15.2. The van der Waals surface area contributed by atoms with Crippen LogP contribution in [0.15, 0.2) is 158 Å². The van der Waals surface area contributed by atoms with E-state index >= 15 is 0 Å². The summed E-state index contributed by atoms with van der Waals surface area (Å²) in [5.41, 5.74) is 10.7. The molecule has 10 aromatic rings. The Labute approximate surface area is 275 Å². The maximum absolute atomic E-state index is 5.30. The summed E-state index contributed by atoms with van der Waals surface area (Å²) in [6.07, 6.45) is 0. The van der Waals surface area contributed by atoms with E-state index in [4.69, 9.17) is 19.9 Å². The SMILES string of the molecule is c1ccc(-c2cc(-c3ccccc3)nc(-c3ccc4c(c3)c3ccccc3n4-c3nc4ccccc4c4nc5ccccc5n34)n2)cc1. The molecule has 0 saturated carbocycles. The lowest BCUT2D eigenvalue weighted by molar-refractivity contribution is 0.979. The maximum atomic E-state index is 5.30. The van der Waals surface area contributed by atoms with Crippen LogP contribution in [0.4, 0.5) is 0 Å². The Hall–Kier alpha value is -6.66. The van der Waals surface area contributed by atoms with Gasteiger partial charge >= 0.3 is 0 Å². The molecule has 0 saturated heterocycles. The normalized spacial score (nSPS) is 11.8. The Morgan fingerprint density at radius 1 is 0.375 bits per heavy atom. The molecule has 0 aliphatic rings. The van der Waals surface area contributed by atoms with Gasteiger partial charge in [0, 0.05) is 32.8 Å². The first-order chi connectivity index (χ1) is 23.8. The third-order valence-corrected chi connectivity index (χ3v) is 9.12. The van der Waals surface area contributed by atoms with Crippen molar-refractivity contribution in [2.24, 2.45) is 0 Å². The molecule has 0 bridgehead atoms. The largest absolute Gasteiger partial charge is 0.279 e. The molecule has 4 heterocycles.